The van der Waals surface area contributed by atoms with E-state index < -0.39 is 0 Å². The van der Waals surface area contributed by atoms with Gasteiger partial charge >= 0.3 is 0 Å². The maximum Gasteiger partial charge on any atom is 0.148 e. The molecule has 0 aliphatic carbocycles. The number of halogens is 3. The Balaban J connectivity index is 2.28. The van der Waals surface area contributed by atoms with Crippen molar-refractivity contribution < 1.29 is 4.74 Å². The molecular formula is C14H14Br3NOS. The zero-order valence-corrected chi connectivity index (χ0v) is 16.4. The van der Waals surface area contributed by atoms with Crippen LogP contribution in [0.2, 0.25) is 0 Å². The SMILES string of the molecule is CCC(N)C(Oc1ccc(Br)cc1Br)c1cc(Br)cs1. The highest BCUT2D eigenvalue weighted by Crippen LogP contribution is 2.35. The summed E-state index contributed by atoms with van der Waals surface area (Å²) < 4.78 is 9.13. The van der Waals surface area contributed by atoms with Gasteiger partial charge in [0.1, 0.15) is 11.9 Å². The van der Waals surface area contributed by atoms with E-state index in [2.05, 4.69) is 60.8 Å². The van der Waals surface area contributed by atoms with Crippen molar-refractivity contribution in [2.45, 2.75) is 25.5 Å². The second-order valence-electron chi connectivity index (χ2n) is 4.35. The molecule has 1 heterocycles. The van der Waals surface area contributed by atoms with E-state index in [4.69, 9.17) is 10.5 Å². The van der Waals surface area contributed by atoms with Gasteiger partial charge in [-0.1, -0.05) is 22.9 Å². The third-order valence-electron chi connectivity index (χ3n) is 2.88. The molecule has 6 heteroatoms. The molecule has 2 nitrogen and oxygen atoms in total. The van der Waals surface area contributed by atoms with E-state index in [0.29, 0.717) is 0 Å². The fourth-order valence-corrected chi connectivity index (χ4v) is 4.44. The van der Waals surface area contributed by atoms with E-state index in [-0.39, 0.29) is 12.1 Å². The first kappa shape index (κ1) is 16.5. The van der Waals surface area contributed by atoms with Crippen LogP contribution in [0.25, 0.3) is 0 Å². The first-order chi connectivity index (χ1) is 9.51. The number of benzene rings is 1. The molecule has 1 aromatic carbocycles. The van der Waals surface area contributed by atoms with Gasteiger partial charge in [-0.15, -0.1) is 11.3 Å². The number of rotatable bonds is 5. The Kier molecular flexibility index (Phi) is 6.10. The van der Waals surface area contributed by atoms with Crippen LogP contribution in [0.5, 0.6) is 5.75 Å². The zero-order valence-electron chi connectivity index (χ0n) is 10.8. The summed E-state index contributed by atoms with van der Waals surface area (Å²) in [7, 11) is 0. The number of thiophene rings is 1. The van der Waals surface area contributed by atoms with Crippen LogP contribution in [0.4, 0.5) is 0 Å². The molecule has 0 saturated carbocycles. The standard InChI is InChI=1S/C14H14Br3NOS/c1-2-11(18)14(13-6-9(16)7-20-13)19-12-4-3-8(15)5-10(12)17/h3-7,11,14H,2,18H2,1H3. The Hall–Kier alpha value is 0.120. The highest BCUT2D eigenvalue weighted by atomic mass is 79.9. The van der Waals surface area contributed by atoms with Crippen molar-refractivity contribution in [2.24, 2.45) is 5.73 Å². The van der Waals surface area contributed by atoms with Crippen molar-refractivity contribution >= 4 is 59.1 Å². The Morgan fingerprint density at radius 2 is 1.95 bits per heavy atom. The molecule has 1 aromatic heterocycles. The summed E-state index contributed by atoms with van der Waals surface area (Å²) in [4.78, 5) is 1.13. The van der Waals surface area contributed by atoms with Crippen LogP contribution in [-0.4, -0.2) is 6.04 Å². The van der Waals surface area contributed by atoms with Crippen LogP contribution >= 0.6 is 59.1 Å². The van der Waals surface area contributed by atoms with E-state index in [0.717, 1.165) is 30.5 Å². The lowest BCUT2D eigenvalue weighted by atomic mass is 10.1. The molecule has 2 N–H and O–H groups in total. The van der Waals surface area contributed by atoms with E-state index in [9.17, 15) is 0 Å². The molecular weight excluding hydrogens is 470 g/mol. The second-order valence-corrected chi connectivity index (χ2v) is 7.98. The predicted octanol–water partition coefficient (Wildman–Crippen LogP) is 5.89. The smallest absolute Gasteiger partial charge is 0.148 e. The summed E-state index contributed by atoms with van der Waals surface area (Å²) in [6, 6.07) is 7.88. The minimum atomic E-state index is -0.145. The fraction of sp³-hybridized carbons (Fsp3) is 0.286. The van der Waals surface area contributed by atoms with E-state index in [1.165, 1.54) is 0 Å². The number of hydrogen-bond donors (Lipinski definition) is 1. The first-order valence-electron chi connectivity index (χ1n) is 6.12. The summed E-state index contributed by atoms with van der Waals surface area (Å²) in [5.74, 6) is 0.798. The van der Waals surface area contributed by atoms with Gasteiger partial charge in [0.2, 0.25) is 0 Å². The topological polar surface area (TPSA) is 35.2 Å². The number of hydrogen-bond acceptors (Lipinski definition) is 3. The molecule has 20 heavy (non-hydrogen) atoms. The number of ether oxygens (including phenoxy) is 1. The lowest BCUT2D eigenvalue weighted by molar-refractivity contribution is 0.173. The molecule has 0 fully saturated rings. The van der Waals surface area contributed by atoms with Crippen LogP contribution < -0.4 is 10.5 Å². The summed E-state index contributed by atoms with van der Waals surface area (Å²) in [6.45, 7) is 2.07. The van der Waals surface area contributed by atoms with Gasteiger partial charge in [-0.05, 0) is 62.5 Å². The van der Waals surface area contributed by atoms with Crippen molar-refractivity contribution in [2.75, 3.05) is 0 Å². The molecule has 0 saturated heterocycles. The van der Waals surface area contributed by atoms with Crippen molar-refractivity contribution in [1.29, 1.82) is 0 Å². The van der Waals surface area contributed by atoms with Gasteiger partial charge in [-0.3, -0.25) is 0 Å². The molecule has 2 atom stereocenters. The van der Waals surface area contributed by atoms with Crippen LogP contribution in [0, 0.1) is 0 Å². The average Bonchev–Trinajstić information content (AvgIpc) is 2.83. The van der Waals surface area contributed by atoms with Gasteiger partial charge in [-0.25, -0.2) is 0 Å². The quantitative estimate of drug-likeness (QED) is 0.575. The first-order valence-corrected chi connectivity index (χ1v) is 9.38. The van der Waals surface area contributed by atoms with Crippen molar-refractivity contribution in [3.05, 3.63) is 47.9 Å². The maximum absolute atomic E-state index is 6.23. The van der Waals surface area contributed by atoms with Crippen LogP contribution in [-0.2, 0) is 0 Å². The predicted molar refractivity (Wildman–Crippen MR) is 95.5 cm³/mol. The van der Waals surface area contributed by atoms with E-state index >= 15 is 0 Å². The van der Waals surface area contributed by atoms with Gasteiger partial charge in [0.05, 0.1) is 4.47 Å². The highest BCUT2D eigenvalue weighted by Gasteiger charge is 2.23. The van der Waals surface area contributed by atoms with Gasteiger partial charge in [0, 0.05) is 25.2 Å². The average molecular weight is 484 g/mol. The van der Waals surface area contributed by atoms with E-state index in [1.54, 1.807) is 11.3 Å². The monoisotopic (exact) mass is 481 g/mol. The molecule has 0 spiro atoms. The Morgan fingerprint density at radius 3 is 2.50 bits per heavy atom. The number of nitrogens with two attached hydrogens (primary N) is 1. The third kappa shape index (κ3) is 4.07. The summed E-state index contributed by atoms with van der Waals surface area (Å²) in [6.07, 6.45) is 0.711. The fourth-order valence-electron chi connectivity index (χ4n) is 1.76. The van der Waals surface area contributed by atoms with Crippen molar-refractivity contribution in [3.8, 4) is 5.75 Å². The summed E-state index contributed by atoms with van der Waals surface area (Å²) >= 11 is 12.1. The molecule has 108 valence electrons. The van der Waals surface area contributed by atoms with E-state index in [1.807, 2.05) is 23.6 Å². The lowest BCUT2D eigenvalue weighted by Crippen LogP contribution is -2.31. The summed E-state index contributed by atoms with van der Waals surface area (Å²) in [5.41, 5.74) is 6.23. The highest BCUT2D eigenvalue weighted by molar-refractivity contribution is 9.11. The Labute approximate surface area is 148 Å². The molecule has 2 aromatic rings. The van der Waals surface area contributed by atoms with Crippen molar-refractivity contribution in [3.63, 3.8) is 0 Å². The molecule has 2 unspecified atom stereocenters. The third-order valence-corrected chi connectivity index (χ3v) is 5.74. The molecule has 0 aliphatic heterocycles. The van der Waals surface area contributed by atoms with Gasteiger partial charge in [-0.2, -0.15) is 0 Å². The van der Waals surface area contributed by atoms with Crippen LogP contribution in [0.15, 0.2) is 43.1 Å². The van der Waals surface area contributed by atoms with Gasteiger partial charge < -0.3 is 10.5 Å². The Morgan fingerprint density at radius 1 is 1.20 bits per heavy atom. The van der Waals surface area contributed by atoms with Crippen LogP contribution in [0.3, 0.4) is 0 Å². The summed E-state index contributed by atoms with van der Waals surface area (Å²) in [5, 5.41) is 2.05. The Bertz CT molecular complexity index is 588. The minimum Gasteiger partial charge on any atom is -0.482 e. The lowest BCUT2D eigenvalue weighted by Gasteiger charge is -2.24. The normalized spacial score (nSPS) is 14.1. The van der Waals surface area contributed by atoms with Gasteiger partial charge in [0.25, 0.3) is 0 Å². The van der Waals surface area contributed by atoms with Crippen molar-refractivity contribution in [1.82, 2.24) is 0 Å². The minimum absolute atomic E-state index is 0.0453. The molecule has 0 bridgehead atoms. The molecule has 0 amide bonds. The molecule has 2 rings (SSSR count). The van der Waals surface area contributed by atoms with Crippen LogP contribution in [0.1, 0.15) is 24.3 Å². The molecule has 0 radical (unpaired) electrons. The zero-order chi connectivity index (χ0) is 14.7. The second kappa shape index (κ2) is 7.40. The molecule has 0 aliphatic rings. The maximum atomic E-state index is 6.23. The largest absolute Gasteiger partial charge is 0.482 e. The van der Waals surface area contributed by atoms with Gasteiger partial charge in [0.15, 0.2) is 0 Å².